The van der Waals surface area contributed by atoms with Crippen molar-refractivity contribution in [3.05, 3.63) is 64.4 Å². The van der Waals surface area contributed by atoms with Gasteiger partial charge in [0.1, 0.15) is 5.39 Å². The molecule has 148 valence electrons. The summed E-state index contributed by atoms with van der Waals surface area (Å²) in [6, 6.07) is 14.1. The molecule has 0 atom stereocenters. The highest BCUT2D eigenvalue weighted by Gasteiger charge is 2.31. The lowest BCUT2D eigenvalue weighted by Gasteiger charge is -2.07. The highest BCUT2D eigenvalue weighted by molar-refractivity contribution is 7.99. The van der Waals surface area contributed by atoms with Crippen LogP contribution in [0.25, 0.3) is 27.4 Å². The number of aromatic amines is 1. The van der Waals surface area contributed by atoms with Crippen molar-refractivity contribution in [1.29, 1.82) is 0 Å². The third-order valence-corrected chi connectivity index (χ3v) is 6.64. The number of rotatable bonds is 5. The van der Waals surface area contributed by atoms with Gasteiger partial charge in [-0.15, -0.1) is 21.5 Å². The molecular weight excluding hydrogens is 418 g/mol. The van der Waals surface area contributed by atoms with Crippen molar-refractivity contribution in [3.8, 4) is 16.4 Å². The van der Waals surface area contributed by atoms with Gasteiger partial charge in [0.25, 0.3) is 5.56 Å². The summed E-state index contributed by atoms with van der Waals surface area (Å²) in [6.45, 7) is 0. The Morgan fingerprint density at radius 2 is 1.97 bits per heavy atom. The van der Waals surface area contributed by atoms with Gasteiger partial charge in [0, 0.05) is 6.04 Å². The number of H-pyrrole nitrogens is 1. The second kappa shape index (κ2) is 6.92. The van der Waals surface area contributed by atoms with E-state index in [1.165, 1.54) is 11.8 Å². The molecule has 1 fully saturated rings. The van der Waals surface area contributed by atoms with Crippen LogP contribution < -0.4 is 5.56 Å². The largest absolute Gasteiger partial charge is 0.300 e. The smallest absolute Gasteiger partial charge is 0.262 e. The summed E-state index contributed by atoms with van der Waals surface area (Å²) >= 11 is 2.97. The topological polar surface area (TPSA) is 94.3 Å². The summed E-state index contributed by atoms with van der Waals surface area (Å²) in [5, 5.41) is 16.9. The lowest BCUT2D eigenvalue weighted by Crippen LogP contribution is -2.10. The van der Waals surface area contributed by atoms with Gasteiger partial charge in [-0.25, -0.2) is 9.67 Å². The number of nitrogens with one attached hydrogen (secondary N) is 1. The van der Waals surface area contributed by atoms with E-state index in [9.17, 15) is 4.79 Å². The number of para-hydroxylation sites is 1. The maximum Gasteiger partial charge on any atom is 0.262 e. The Morgan fingerprint density at radius 3 is 2.73 bits per heavy atom. The van der Waals surface area contributed by atoms with Gasteiger partial charge in [0.05, 0.1) is 16.8 Å². The summed E-state index contributed by atoms with van der Waals surface area (Å²) < 4.78 is 3.84. The Morgan fingerprint density at radius 1 is 1.10 bits per heavy atom. The Bertz CT molecular complexity index is 1400. The summed E-state index contributed by atoms with van der Waals surface area (Å²) in [7, 11) is 0. The molecule has 0 spiro atoms. The molecule has 8 nitrogen and oxygen atoms in total. The van der Waals surface area contributed by atoms with Crippen LogP contribution in [0.1, 0.15) is 18.9 Å². The molecule has 0 saturated heterocycles. The molecule has 0 aliphatic heterocycles. The first-order chi connectivity index (χ1) is 14.8. The van der Waals surface area contributed by atoms with Crippen LogP contribution in [0.4, 0.5) is 0 Å². The van der Waals surface area contributed by atoms with E-state index in [4.69, 9.17) is 0 Å². The number of nitrogens with zero attached hydrogens (tertiary/aromatic N) is 6. The molecule has 0 bridgehead atoms. The molecule has 10 heteroatoms. The minimum atomic E-state index is -0.222. The van der Waals surface area contributed by atoms with Crippen LogP contribution in [0, 0.1) is 0 Å². The molecule has 1 N–H and O–H groups in total. The SMILES string of the molecule is O=c1[nH]c(Sc2nnc(-c3cccs3)n2C2CC2)nc2c1cnn2-c1ccccc1. The molecule has 6 rings (SSSR count). The van der Waals surface area contributed by atoms with Crippen LogP contribution in [0.5, 0.6) is 0 Å². The van der Waals surface area contributed by atoms with Gasteiger partial charge in [-0.05, 0) is 48.2 Å². The van der Waals surface area contributed by atoms with E-state index >= 15 is 0 Å². The molecule has 5 aromatic rings. The molecule has 0 radical (unpaired) electrons. The van der Waals surface area contributed by atoms with Gasteiger partial charge in [-0.3, -0.25) is 9.36 Å². The third-order valence-electron chi connectivity index (χ3n) is 4.92. The summed E-state index contributed by atoms with van der Waals surface area (Å²) in [5.41, 5.74) is 1.15. The predicted molar refractivity (Wildman–Crippen MR) is 115 cm³/mol. The Kier molecular flexibility index (Phi) is 4.06. The highest BCUT2D eigenvalue weighted by atomic mass is 32.2. The monoisotopic (exact) mass is 433 g/mol. The van der Waals surface area contributed by atoms with Crippen molar-refractivity contribution >= 4 is 34.1 Å². The number of benzene rings is 1. The van der Waals surface area contributed by atoms with E-state index in [0.717, 1.165) is 34.4 Å². The van der Waals surface area contributed by atoms with Gasteiger partial charge >= 0.3 is 0 Å². The zero-order valence-electron chi connectivity index (χ0n) is 15.6. The van der Waals surface area contributed by atoms with Crippen LogP contribution in [0.2, 0.25) is 0 Å². The predicted octanol–water partition coefficient (Wildman–Crippen LogP) is 3.91. The second-order valence-corrected chi connectivity index (χ2v) is 8.89. The standard InChI is InChI=1S/C20H15N7OS2/c28-18-14-11-21-27(13-5-2-1-3-6-13)16(14)22-19(23-18)30-20-25-24-17(15-7-4-10-29-15)26(20)12-8-9-12/h1-7,10-12H,8-9H2,(H,22,23,28). The molecule has 4 aromatic heterocycles. The quantitative estimate of drug-likeness (QED) is 0.422. The first-order valence-corrected chi connectivity index (χ1v) is 11.2. The maximum atomic E-state index is 12.7. The van der Waals surface area contributed by atoms with Gasteiger partial charge < -0.3 is 4.98 Å². The number of hydrogen-bond acceptors (Lipinski definition) is 7. The summed E-state index contributed by atoms with van der Waals surface area (Å²) in [6.07, 6.45) is 3.76. The minimum Gasteiger partial charge on any atom is -0.300 e. The summed E-state index contributed by atoms with van der Waals surface area (Å²) in [4.78, 5) is 21.3. The van der Waals surface area contributed by atoms with Crippen LogP contribution in [-0.2, 0) is 0 Å². The van der Waals surface area contributed by atoms with Crippen molar-refractivity contribution < 1.29 is 0 Å². The van der Waals surface area contributed by atoms with Crippen molar-refractivity contribution in [2.75, 3.05) is 0 Å². The molecule has 1 aliphatic rings. The number of hydrogen-bond donors (Lipinski definition) is 1. The van der Waals surface area contributed by atoms with Gasteiger partial charge in [0.2, 0.25) is 0 Å². The fraction of sp³-hybridized carbons (Fsp3) is 0.150. The molecule has 30 heavy (non-hydrogen) atoms. The molecule has 0 unspecified atom stereocenters. The highest BCUT2D eigenvalue weighted by Crippen LogP contribution is 2.42. The van der Waals surface area contributed by atoms with Crippen molar-refractivity contribution in [3.63, 3.8) is 0 Å². The molecule has 1 aromatic carbocycles. The first kappa shape index (κ1) is 17.6. The molecule has 0 amide bonds. The number of thiophene rings is 1. The number of fused-ring (bicyclic) bond motifs is 1. The Labute approximate surface area is 178 Å². The van der Waals surface area contributed by atoms with Crippen LogP contribution in [0.3, 0.4) is 0 Å². The lowest BCUT2D eigenvalue weighted by atomic mass is 10.3. The lowest BCUT2D eigenvalue weighted by molar-refractivity contribution is 0.668. The van der Waals surface area contributed by atoms with Crippen LogP contribution in [-0.4, -0.2) is 34.5 Å². The van der Waals surface area contributed by atoms with E-state index in [-0.39, 0.29) is 5.56 Å². The van der Waals surface area contributed by atoms with E-state index in [1.807, 2.05) is 47.8 Å². The fourth-order valence-electron chi connectivity index (χ4n) is 3.37. The third kappa shape index (κ3) is 2.96. The van der Waals surface area contributed by atoms with Crippen molar-refractivity contribution in [1.82, 2.24) is 34.5 Å². The zero-order chi connectivity index (χ0) is 20.1. The molecular formula is C20H15N7OS2. The Balaban J connectivity index is 1.44. The minimum absolute atomic E-state index is 0.222. The molecule has 1 saturated carbocycles. The van der Waals surface area contributed by atoms with E-state index in [0.29, 0.717) is 22.2 Å². The zero-order valence-corrected chi connectivity index (χ0v) is 17.2. The van der Waals surface area contributed by atoms with Crippen LogP contribution in [0.15, 0.2) is 69.1 Å². The Hall–Kier alpha value is -3.24. The van der Waals surface area contributed by atoms with Gasteiger partial charge in [-0.2, -0.15) is 5.10 Å². The van der Waals surface area contributed by atoms with E-state index in [2.05, 4.69) is 29.8 Å². The van der Waals surface area contributed by atoms with E-state index < -0.39 is 0 Å². The average molecular weight is 434 g/mol. The normalized spacial score (nSPS) is 13.9. The van der Waals surface area contributed by atoms with Gasteiger partial charge in [0.15, 0.2) is 21.8 Å². The number of aromatic nitrogens is 7. The van der Waals surface area contributed by atoms with E-state index in [1.54, 1.807) is 22.2 Å². The average Bonchev–Trinajstić information content (AvgIpc) is 3.16. The maximum absolute atomic E-state index is 12.7. The molecule has 1 aliphatic carbocycles. The first-order valence-electron chi connectivity index (χ1n) is 9.48. The molecule has 4 heterocycles. The summed E-state index contributed by atoms with van der Waals surface area (Å²) in [5.74, 6) is 0.868. The van der Waals surface area contributed by atoms with Crippen LogP contribution >= 0.6 is 23.1 Å². The van der Waals surface area contributed by atoms with Gasteiger partial charge in [-0.1, -0.05) is 24.3 Å². The fourth-order valence-corrected chi connectivity index (χ4v) is 4.94. The van der Waals surface area contributed by atoms with Crippen molar-refractivity contribution in [2.45, 2.75) is 29.2 Å². The van der Waals surface area contributed by atoms with Crippen molar-refractivity contribution in [2.24, 2.45) is 0 Å². The second-order valence-electron chi connectivity index (χ2n) is 6.99.